The Bertz CT molecular complexity index is 296. The van der Waals surface area contributed by atoms with Crippen molar-refractivity contribution in [2.24, 2.45) is 5.92 Å². The first kappa shape index (κ1) is 12.3. The van der Waals surface area contributed by atoms with E-state index in [2.05, 4.69) is 15.9 Å². The molecule has 0 amide bonds. The lowest BCUT2D eigenvalue weighted by Crippen LogP contribution is -2.45. The van der Waals surface area contributed by atoms with Crippen LogP contribution in [0.3, 0.4) is 0 Å². The van der Waals surface area contributed by atoms with Crippen molar-refractivity contribution in [3.63, 3.8) is 0 Å². The lowest BCUT2D eigenvalue weighted by Gasteiger charge is -2.32. The van der Waals surface area contributed by atoms with Gasteiger partial charge in [0.05, 0.1) is 0 Å². The molecule has 84 valence electrons. The van der Waals surface area contributed by atoms with E-state index >= 15 is 0 Å². The lowest BCUT2D eigenvalue weighted by atomic mass is 10.0. The van der Waals surface area contributed by atoms with Crippen molar-refractivity contribution in [3.05, 3.63) is 0 Å². The zero-order chi connectivity index (χ0) is 10.9. The second-order valence-electron chi connectivity index (χ2n) is 3.45. The Kier molecular flexibility index (Phi) is 3.87. The monoisotopic (exact) mass is 291 g/mol. The van der Waals surface area contributed by atoms with Crippen molar-refractivity contribution in [2.45, 2.75) is 23.9 Å². The van der Waals surface area contributed by atoms with E-state index in [0.29, 0.717) is 12.3 Å². The van der Waals surface area contributed by atoms with Crippen LogP contribution in [0.4, 0.5) is 8.78 Å². The molecule has 1 saturated heterocycles. The molecular weight excluding hydrogens is 280 g/mol. The Labute approximate surface area is 90.6 Å². The number of hydrogen-bond donors (Lipinski definition) is 0. The van der Waals surface area contributed by atoms with E-state index in [4.69, 9.17) is 0 Å². The van der Waals surface area contributed by atoms with Crippen molar-refractivity contribution >= 4 is 26.0 Å². The molecule has 7 heteroatoms. The predicted octanol–water partition coefficient (Wildman–Crippen LogP) is 1.64. The van der Waals surface area contributed by atoms with Crippen LogP contribution in [0, 0.1) is 5.92 Å². The fraction of sp³-hybridized carbons (Fsp3) is 1.00. The molecule has 0 aromatic heterocycles. The van der Waals surface area contributed by atoms with Crippen molar-refractivity contribution in [2.75, 3.05) is 13.1 Å². The highest BCUT2D eigenvalue weighted by Crippen LogP contribution is 2.26. The van der Waals surface area contributed by atoms with Crippen LogP contribution in [0.5, 0.6) is 0 Å². The molecule has 0 spiro atoms. The van der Waals surface area contributed by atoms with E-state index in [1.165, 1.54) is 0 Å². The van der Waals surface area contributed by atoms with Crippen LogP contribution < -0.4 is 0 Å². The highest BCUT2D eigenvalue weighted by molar-refractivity contribution is 9.09. The van der Waals surface area contributed by atoms with Gasteiger partial charge < -0.3 is 0 Å². The molecular formula is C7H12BrF2NO2S. The third-order valence-corrected chi connectivity index (χ3v) is 5.11. The molecule has 1 fully saturated rings. The Morgan fingerprint density at radius 1 is 1.50 bits per heavy atom. The molecule has 0 aromatic carbocycles. The van der Waals surface area contributed by atoms with Gasteiger partial charge in [0.2, 0.25) is 0 Å². The zero-order valence-electron chi connectivity index (χ0n) is 7.66. The Hall–Kier alpha value is 0.250. The molecule has 0 N–H and O–H groups in total. The minimum Gasteiger partial charge on any atom is -0.206 e. The van der Waals surface area contributed by atoms with Crippen molar-refractivity contribution in [1.29, 1.82) is 0 Å². The normalized spacial score (nSPS) is 30.9. The number of nitrogens with zero attached hydrogens (tertiary/aromatic N) is 1. The quantitative estimate of drug-likeness (QED) is 0.726. The molecule has 0 saturated carbocycles. The van der Waals surface area contributed by atoms with Gasteiger partial charge in [0.25, 0.3) is 10.0 Å². The average molecular weight is 292 g/mol. The number of halogens is 3. The molecule has 0 bridgehead atoms. The van der Waals surface area contributed by atoms with E-state index in [-0.39, 0.29) is 17.9 Å². The van der Waals surface area contributed by atoms with Crippen LogP contribution in [0.1, 0.15) is 13.3 Å². The van der Waals surface area contributed by atoms with Gasteiger partial charge in [-0.05, 0) is 12.3 Å². The average Bonchev–Trinajstić information content (AvgIpc) is 2.09. The van der Waals surface area contributed by atoms with Gasteiger partial charge in [-0.2, -0.15) is 13.1 Å². The molecule has 0 aromatic rings. The molecule has 14 heavy (non-hydrogen) atoms. The summed E-state index contributed by atoms with van der Waals surface area (Å²) in [4.78, 5) is -0.0372. The van der Waals surface area contributed by atoms with Crippen molar-refractivity contribution in [3.8, 4) is 0 Å². The maximum atomic E-state index is 12.2. The number of rotatable bonds is 2. The van der Waals surface area contributed by atoms with Crippen LogP contribution in [0.25, 0.3) is 0 Å². The SMILES string of the molecule is CC1CCN(S(=O)(=O)C(F)F)CC1Br. The van der Waals surface area contributed by atoms with Gasteiger partial charge >= 0.3 is 5.76 Å². The summed E-state index contributed by atoms with van der Waals surface area (Å²) in [7, 11) is -4.39. The minimum absolute atomic E-state index is 0.0372. The van der Waals surface area contributed by atoms with Crippen LogP contribution in [-0.2, 0) is 10.0 Å². The topological polar surface area (TPSA) is 37.4 Å². The van der Waals surface area contributed by atoms with Gasteiger partial charge in [-0.25, -0.2) is 8.42 Å². The summed E-state index contributed by atoms with van der Waals surface area (Å²) in [5, 5.41) is 0. The number of sulfonamides is 1. The van der Waals surface area contributed by atoms with Crippen LogP contribution in [-0.4, -0.2) is 36.4 Å². The highest BCUT2D eigenvalue weighted by Gasteiger charge is 2.36. The smallest absolute Gasteiger partial charge is 0.206 e. The molecule has 2 atom stereocenters. The zero-order valence-corrected chi connectivity index (χ0v) is 10.1. The van der Waals surface area contributed by atoms with Crippen molar-refractivity contribution in [1.82, 2.24) is 4.31 Å². The van der Waals surface area contributed by atoms with Crippen LogP contribution >= 0.6 is 15.9 Å². The van der Waals surface area contributed by atoms with Gasteiger partial charge in [-0.1, -0.05) is 22.9 Å². The van der Waals surface area contributed by atoms with Crippen LogP contribution in [0.15, 0.2) is 0 Å². The fourth-order valence-electron chi connectivity index (χ4n) is 1.34. The Morgan fingerprint density at radius 3 is 2.50 bits per heavy atom. The summed E-state index contributed by atoms with van der Waals surface area (Å²) >= 11 is 3.28. The maximum absolute atomic E-state index is 12.2. The summed E-state index contributed by atoms with van der Waals surface area (Å²) in [6.07, 6.45) is 0.613. The van der Waals surface area contributed by atoms with Gasteiger partial charge in [-0.3, -0.25) is 0 Å². The molecule has 1 rings (SSSR count). The maximum Gasteiger partial charge on any atom is 0.350 e. The summed E-state index contributed by atoms with van der Waals surface area (Å²) in [5.74, 6) is -2.99. The second-order valence-corrected chi connectivity index (χ2v) is 6.52. The Morgan fingerprint density at radius 2 is 2.07 bits per heavy atom. The predicted molar refractivity (Wildman–Crippen MR) is 53.0 cm³/mol. The minimum atomic E-state index is -4.39. The molecule has 1 heterocycles. The van der Waals surface area contributed by atoms with Gasteiger partial charge in [-0.15, -0.1) is 0 Å². The van der Waals surface area contributed by atoms with E-state index in [1.807, 2.05) is 6.92 Å². The fourth-order valence-corrected chi connectivity index (χ4v) is 3.10. The molecule has 2 unspecified atom stereocenters. The molecule has 1 aliphatic rings. The Balaban J connectivity index is 2.73. The van der Waals surface area contributed by atoms with Gasteiger partial charge in [0, 0.05) is 17.9 Å². The summed E-state index contributed by atoms with van der Waals surface area (Å²) in [6, 6.07) is 0. The molecule has 3 nitrogen and oxygen atoms in total. The lowest BCUT2D eigenvalue weighted by molar-refractivity contribution is 0.208. The van der Waals surface area contributed by atoms with Gasteiger partial charge in [0.15, 0.2) is 0 Å². The highest BCUT2D eigenvalue weighted by atomic mass is 79.9. The third kappa shape index (κ3) is 2.43. The van der Waals surface area contributed by atoms with Crippen LogP contribution in [0.2, 0.25) is 0 Å². The summed E-state index contributed by atoms with van der Waals surface area (Å²) in [6.45, 7) is 2.29. The number of hydrogen-bond acceptors (Lipinski definition) is 2. The van der Waals surface area contributed by atoms with E-state index in [0.717, 1.165) is 4.31 Å². The number of piperidine rings is 1. The summed E-state index contributed by atoms with van der Waals surface area (Å²) in [5.41, 5.74) is 0. The first-order chi connectivity index (χ1) is 6.35. The van der Waals surface area contributed by atoms with E-state index < -0.39 is 15.8 Å². The van der Waals surface area contributed by atoms with E-state index in [1.54, 1.807) is 0 Å². The first-order valence-electron chi connectivity index (χ1n) is 4.27. The molecule has 0 radical (unpaired) electrons. The largest absolute Gasteiger partial charge is 0.350 e. The summed E-state index contributed by atoms with van der Waals surface area (Å²) < 4.78 is 47.4. The second kappa shape index (κ2) is 4.40. The van der Waals surface area contributed by atoms with E-state index in [9.17, 15) is 17.2 Å². The first-order valence-corrected chi connectivity index (χ1v) is 6.68. The third-order valence-electron chi connectivity index (χ3n) is 2.41. The number of alkyl halides is 3. The van der Waals surface area contributed by atoms with Gasteiger partial charge in [0.1, 0.15) is 0 Å². The molecule has 0 aliphatic carbocycles. The standard InChI is InChI=1S/C7H12BrF2NO2S/c1-5-2-3-11(4-6(5)8)14(12,13)7(9)10/h5-7H,2-4H2,1H3. The van der Waals surface area contributed by atoms with Crippen molar-refractivity contribution < 1.29 is 17.2 Å². The molecule has 1 aliphatic heterocycles.